The fourth-order valence-electron chi connectivity index (χ4n) is 3.55. The van der Waals surface area contributed by atoms with Crippen LogP contribution in [0.25, 0.3) is 10.9 Å². The van der Waals surface area contributed by atoms with Gasteiger partial charge in [-0.15, -0.1) is 0 Å². The third-order valence-electron chi connectivity index (χ3n) is 4.88. The molecule has 1 aliphatic heterocycles. The lowest BCUT2D eigenvalue weighted by molar-refractivity contribution is -0.117. The van der Waals surface area contributed by atoms with E-state index in [9.17, 15) is 9.59 Å². The molecule has 27 heavy (non-hydrogen) atoms. The number of benzene rings is 2. The van der Waals surface area contributed by atoms with Gasteiger partial charge in [-0.25, -0.2) is 4.79 Å². The Kier molecular flexibility index (Phi) is 4.78. The van der Waals surface area contributed by atoms with E-state index in [0.717, 1.165) is 17.6 Å². The van der Waals surface area contributed by atoms with E-state index in [1.54, 1.807) is 4.90 Å². The Labute approximate surface area is 157 Å². The van der Waals surface area contributed by atoms with E-state index in [2.05, 4.69) is 21.7 Å². The molecule has 1 saturated heterocycles. The minimum atomic E-state index is -0.234. The Bertz CT molecular complexity index is 951. The highest BCUT2D eigenvalue weighted by Crippen LogP contribution is 2.21. The topological polar surface area (TPSA) is 77.2 Å². The van der Waals surface area contributed by atoms with E-state index in [4.69, 9.17) is 0 Å². The Morgan fingerprint density at radius 1 is 1.11 bits per heavy atom. The number of hydrogen-bond donors (Lipinski definition) is 3. The molecule has 2 aromatic carbocycles. The summed E-state index contributed by atoms with van der Waals surface area (Å²) in [6.45, 7) is 1.04. The van der Waals surface area contributed by atoms with Gasteiger partial charge in [0.25, 0.3) is 0 Å². The number of para-hydroxylation sites is 2. The van der Waals surface area contributed by atoms with Crippen LogP contribution < -0.4 is 15.5 Å². The van der Waals surface area contributed by atoms with Crippen molar-refractivity contribution in [3.05, 3.63) is 66.4 Å². The number of nitrogens with zero attached hydrogens (tertiary/aromatic N) is 1. The minimum Gasteiger partial charge on any atom is -0.361 e. The third kappa shape index (κ3) is 3.79. The number of hydrogen-bond acceptors (Lipinski definition) is 2. The van der Waals surface area contributed by atoms with Crippen LogP contribution in [0.2, 0.25) is 0 Å². The number of fused-ring (bicyclic) bond motifs is 1. The predicted molar refractivity (Wildman–Crippen MR) is 106 cm³/mol. The first-order valence-corrected chi connectivity index (χ1v) is 9.15. The normalized spacial score (nSPS) is 16.7. The Morgan fingerprint density at radius 3 is 2.74 bits per heavy atom. The van der Waals surface area contributed by atoms with Crippen LogP contribution >= 0.6 is 0 Å². The Morgan fingerprint density at radius 2 is 1.89 bits per heavy atom. The molecular weight excluding hydrogens is 340 g/mol. The number of carbonyl (C=O) groups is 2. The molecular formula is C21H22N4O2. The number of carbonyl (C=O) groups excluding carboxylic acids is 2. The van der Waals surface area contributed by atoms with Crippen LogP contribution in [-0.2, 0) is 11.2 Å². The maximum atomic E-state index is 12.2. The van der Waals surface area contributed by atoms with Crippen LogP contribution in [0, 0.1) is 0 Å². The number of H-pyrrole nitrogens is 1. The van der Waals surface area contributed by atoms with Crippen LogP contribution in [-0.4, -0.2) is 36.1 Å². The van der Waals surface area contributed by atoms with E-state index in [1.807, 2.05) is 54.7 Å². The first kappa shape index (κ1) is 17.1. The number of urea groups is 1. The summed E-state index contributed by atoms with van der Waals surface area (Å²) < 4.78 is 0. The summed E-state index contributed by atoms with van der Waals surface area (Å²) in [5.41, 5.74) is 3.14. The number of aromatic amines is 1. The zero-order valence-corrected chi connectivity index (χ0v) is 14.9. The van der Waals surface area contributed by atoms with Gasteiger partial charge in [0.2, 0.25) is 5.91 Å². The number of aromatic nitrogens is 1. The molecule has 1 atom stereocenters. The highest BCUT2D eigenvalue weighted by Gasteiger charge is 2.31. The highest BCUT2D eigenvalue weighted by atomic mass is 16.2. The smallest absolute Gasteiger partial charge is 0.315 e. The summed E-state index contributed by atoms with van der Waals surface area (Å²) in [6.07, 6.45) is 3.06. The maximum absolute atomic E-state index is 12.2. The van der Waals surface area contributed by atoms with Gasteiger partial charge in [0, 0.05) is 42.3 Å². The van der Waals surface area contributed by atoms with Crippen LogP contribution in [0.5, 0.6) is 0 Å². The van der Waals surface area contributed by atoms with Crippen LogP contribution in [0.1, 0.15) is 12.0 Å². The molecule has 0 spiro atoms. The quantitative estimate of drug-likeness (QED) is 0.653. The van der Waals surface area contributed by atoms with E-state index in [1.165, 1.54) is 10.9 Å². The highest BCUT2D eigenvalue weighted by molar-refractivity contribution is 5.96. The molecule has 6 nitrogen and oxygen atoms in total. The summed E-state index contributed by atoms with van der Waals surface area (Å²) in [6, 6.07) is 17.2. The second kappa shape index (κ2) is 7.53. The molecule has 1 fully saturated rings. The zero-order valence-electron chi connectivity index (χ0n) is 14.9. The summed E-state index contributed by atoms with van der Waals surface area (Å²) in [7, 11) is 0. The predicted octanol–water partition coefficient (Wildman–Crippen LogP) is 2.82. The molecule has 1 unspecified atom stereocenters. The van der Waals surface area contributed by atoms with Gasteiger partial charge in [0.1, 0.15) is 0 Å². The van der Waals surface area contributed by atoms with Crippen molar-refractivity contribution in [1.82, 2.24) is 15.6 Å². The van der Waals surface area contributed by atoms with Gasteiger partial charge in [0.15, 0.2) is 0 Å². The summed E-state index contributed by atoms with van der Waals surface area (Å²) in [5.74, 6) is 0.0327. The molecule has 138 valence electrons. The van der Waals surface area contributed by atoms with E-state index < -0.39 is 0 Å². The van der Waals surface area contributed by atoms with Crippen LogP contribution in [0.3, 0.4) is 0 Å². The van der Waals surface area contributed by atoms with Crippen molar-refractivity contribution in [3.8, 4) is 0 Å². The molecule has 0 saturated carbocycles. The molecule has 4 rings (SSSR count). The van der Waals surface area contributed by atoms with Gasteiger partial charge >= 0.3 is 6.03 Å². The summed E-state index contributed by atoms with van der Waals surface area (Å²) >= 11 is 0. The van der Waals surface area contributed by atoms with Crippen molar-refractivity contribution >= 4 is 28.5 Å². The second-order valence-electron chi connectivity index (χ2n) is 6.75. The van der Waals surface area contributed by atoms with E-state index >= 15 is 0 Å². The van der Waals surface area contributed by atoms with Crippen LogP contribution in [0.15, 0.2) is 60.8 Å². The van der Waals surface area contributed by atoms with Gasteiger partial charge in [-0.3, -0.25) is 4.79 Å². The molecule has 2 heterocycles. The van der Waals surface area contributed by atoms with Crippen molar-refractivity contribution < 1.29 is 9.59 Å². The van der Waals surface area contributed by atoms with Gasteiger partial charge in [-0.1, -0.05) is 36.4 Å². The van der Waals surface area contributed by atoms with E-state index in [0.29, 0.717) is 19.5 Å². The molecule has 1 aromatic heterocycles. The zero-order chi connectivity index (χ0) is 18.6. The van der Waals surface area contributed by atoms with Gasteiger partial charge in [-0.2, -0.15) is 0 Å². The fraction of sp³-hybridized carbons (Fsp3) is 0.238. The molecule has 1 aliphatic rings. The molecule has 0 bridgehead atoms. The first-order valence-electron chi connectivity index (χ1n) is 9.15. The average molecular weight is 362 g/mol. The van der Waals surface area contributed by atoms with E-state index in [-0.39, 0.29) is 18.0 Å². The summed E-state index contributed by atoms with van der Waals surface area (Å²) in [5, 5.41) is 6.97. The van der Waals surface area contributed by atoms with Crippen molar-refractivity contribution in [2.45, 2.75) is 18.9 Å². The van der Waals surface area contributed by atoms with Crippen molar-refractivity contribution in [2.24, 2.45) is 0 Å². The SMILES string of the molecule is O=C(NCCc1c[nH]c2ccccc12)NC1CC(=O)N(c2ccccc2)C1. The lowest BCUT2D eigenvalue weighted by atomic mass is 10.1. The summed E-state index contributed by atoms with van der Waals surface area (Å²) in [4.78, 5) is 29.4. The van der Waals surface area contributed by atoms with Gasteiger partial charge in [-0.05, 0) is 30.2 Å². The molecule has 0 radical (unpaired) electrons. The average Bonchev–Trinajstić information content (AvgIpc) is 3.26. The Balaban J connectivity index is 1.27. The molecule has 3 N–H and O–H groups in total. The van der Waals surface area contributed by atoms with Gasteiger partial charge in [0.05, 0.1) is 6.04 Å². The third-order valence-corrected chi connectivity index (χ3v) is 4.88. The van der Waals surface area contributed by atoms with Crippen LogP contribution in [0.4, 0.5) is 10.5 Å². The van der Waals surface area contributed by atoms with Gasteiger partial charge < -0.3 is 20.5 Å². The number of anilines is 1. The number of rotatable bonds is 5. The maximum Gasteiger partial charge on any atom is 0.315 e. The Hall–Kier alpha value is -3.28. The van der Waals surface area contributed by atoms with Crippen molar-refractivity contribution in [1.29, 1.82) is 0 Å². The molecule has 3 aromatic rings. The molecule has 3 amide bonds. The van der Waals surface area contributed by atoms with Crippen molar-refractivity contribution in [3.63, 3.8) is 0 Å². The number of amides is 3. The largest absolute Gasteiger partial charge is 0.361 e. The monoisotopic (exact) mass is 362 g/mol. The first-order chi connectivity index (χ1) is 13.2. The molecule has 0 aliphatic carbocycles. The molecule has 6 heteroatoms. The second-order valence-corrected chi connectivity index (χ2v) is 6.75. The van der Waals surface area contributed by atoms with Crippen molar-refractivity contribution in [2.75, 3.05) is 18.0 Å². The lowest BCUT2D eigenvalue weighted by Gasteiger charge is -2.17. The standard InChI is InChI=1S/C21H22N4O2/c26-20-12-16(14-25(20)17-6-2-1-3-7-17)24-21(27)22-11-10-15-13-23-19-9-5-4-8-18(15)19/h1-9,13,16,23H,10-12,14H2,(H2,22,24,27). The number of nitrogens with one attached hydrogen (secondary N) is 3. The fourth-order valence-corrected chi connectivity index (χ4v) is 3.55. The lowest BCUT2D eigenvalue weighted by Crippen LogP contribution is -2.43. The minimum absolute atomic E-state index is 0.0327.